The predicted octanol–water partition coefficient (Wildman–Crippen LogP) is 1.18. The first-order valence-electron chi connectivity index (χ1n) is 9.52. The molecule has 0 unspecified atom stereocenters. The van der Waals surface area contributed by atoms with Crippen molar-refractivity contribution in [2.24, 2.45) is 16.9 Å². The van der Waals surface area contributed by atoms with Crippen LogP contribution in [-0.2, 0) is 14.4 Å². The third-order valence-corrected chi connectivity index (χ3v) is 5.24. The Morgan fingerprint density at radius 3 is 2.86 bits per heavy atom. The molecule has 3 rings (SSSR count). The standard InChI is InChI=1S/C18H23FN6O4/c19-14-8-20-10-21-16(14)23-17(27)15-5-6-22-25(15)18(28)13(9-24(29)11-26)7-12-3-1-2-4-12/h6,8,10-13,15,29H,1-5,7,9H2,(H,20,21,23,27)/t13-,15+/m1/s1. The zero-order valence-corrected chi connectivity index (χ0v) is 15.8. The molecule has 2 aliphatic rings. The molecule has 3 amide bonds. The van der Waals surface area contributed by atoms with Crippen molar-refractivity contribution in [2.75, 3.05) is 11.9 Å². The van der Waals surface area contributed by atoms with Crippen molar-refractivity contribution in [1.29, 1.82) is 0 Å². The van der Waals surface area contributed by atoms with E-state index in [1.54, 1.807) is 0 Å². The molecule has 1 fully saturated rings. The van der Waals surface area contributed by atoms with Gasteiger partial charge in [0.1, 0.15) is 12.4 Å². The molecule has 10 nitrogen and oxygen atoms in total. The molecule has 1 aromatic rings. The van der Waals surface area contributed by atoms with Gasteiger partial charge < -0.3 is 5.32 Å². The average molecular weight is 406 g/mol. The van der Waals surface area contributed by atoms with Crippen LogP contribution in [0.15, 0.2) is 17.6 Å². The monoisotopic (exact) mass is 406 g/mol. The maximum absolute atomic E-state index is 13.7. The fourth-order valence-corrected chi connectivity index (χ4v) is 3.81. The lowest BCUT2D eigenvalue weighted by Gasteiger charge is -2.28. The molecular weight excluding hydrogens is 383 g/mol. The molecule has 0 aromatic carbocycles. The van der Waals surface area contributed by atoms with Crippen molar-refractivity contribution in [1.82, 2.24) is 20.0 Å². The van der Waals surface area contributed by atoms with Crippen LogP contribution in [0, 0.1) is 17.7 Å². The number of amides is 3. The molecule has 0 bridgehead atoms. The number of anilines is 1. The van der Waals surface area contributed by atoms with Crippen molar-refractivity contribution in [3.63, 3.8) is 0 Å². The fraction of sp³-hybridized carbons (Fsp3) is 0.556. The van der Waals surface area contributed by atoms with Crippen LogP contribution in [0.3, 0.4) is 0 Å². The summed E-state index contributed by atoms with van der Waals surface area (Å²) in [4.78, 5) is 43.7. The summed E-state index contributed by atoms with van der Waals surface area (Å²) in [5.74, 6) is -2.56. The minimum atomic E-state index is -0.966. The highest BCUT2D eigenvalue weighted by molar-refractivity contribution is 5.99. The Bertz CT molecular complexity index is 785. The predicted molar refractivity (Wildman–Crippen MR) is 99.0 cm³/mol. The van der Waals surface area contributed by atoms with Gasteiger partial charge in [0.25, 0.3) is 5.91 Å². The minimum absolute atomic E-state index is 0.164. The Kier molecular flexibility index (Phi) is 6.81. The second-order valence-corrected chi connectivity index (χ2v) is 7.25. The number of nitrogens with zero attached hydrogens (tertiary/aromatic N) is 5. The number of hydroxylamine groups is 2. The van der Waals surface area contributed by atoms with Gasteiger partial charge in [-0.3, -0.25) is 19.6 Å². The van der Waals surface area contributed by atoms with Crippen LogP contribution >= 0.6 is 0 Å². The molecule has 1 saturated carbocycles. The van der Waals surface area contributed by atoms with Crippen LogP contribution in [0.25, 0.3) is 0 Å². The molecule has 0 saturated heterocycles. The lowest BCUT2D eigenvalue weighted by atomic mass is 9.92. The van der Waals surface area contributed by atoms with Gasteiger partial charge in [-0.15, -0.1) is 0 Å². The van der Waals surface area contributed by atoms with Gasteiger partial charge in [-0.2, -0.15) is 5.10 Å². The molecule has 0 radical (unpaired) electrons. The summed E-state index contributed by atoms with van der Waals surface area (Å²) in [6.07, 6.45) is 8.47. The molecule has 29 heavy (non-hydrogen) atoms. The van der Waals surface area contributed by atoms with Gasteiger partial charge in [-0.25, -0.2) is 24.4 Å². The first-order chi connectivity index (χ1) is 14.0. The molecule has 2 atom stereocenters. The zero-order valence-electron chi connectivity index (χ0n) is 15.8. The third-order valence-electron chi connectivity index (χ3n) is 5.24. The number of carbonyl (C=O) groups is 3. The summed E-state index contributed by atoms with van der Waals surface area (Å²) in [7, 11) is 0. The summed E-state index contributed by atoms with van der Waals surface area (Å²) >= 11 is 0. The van der Waals surface area contributed by atoms with Crippen LogP contribution in [-0.4, -0.2) is 62.3 Å². The molecule has 2 N–H and O–H groups in total. The minimum Gasteiger partial charge on any atom is -0.306 e. The summed E-state index contributed by atoms with van der Waals surface area (Å²) in [6.45, 7) is -0.181. The number of halogens is 1. The maximum atomic E-state index is 13.7. The van der Waals surface area contributed by atoms with Gasteiger partial charge >= 0.3 is 0 Å². The highest BCUT2D eigenvalue weighted by atomic mass is 19.1. The number of nitrogens with one attached hydrogen (secondary N) is 1. The van der Waals surface area contributed by atoms with Crippen molar-refractivity contribution in [3.8, 4) is 0 Å². The third kappa shape index (κ3) is 5.11. The molecule has 2 heterocycles. The van der Waals surface area contributed by atoms with Crippen molar-refractivity contribution in [2.45, 2.75) is 44.6 Å². The molecule has 11 heteroatoms. The molecule has 156 valence electrons. The van der Waals surface area contributed by atoms with Gasteiger partial charge in [-0.1, -0.05) is 25.7 Å². The Balaban J connectivity index is 1.71. The zero-order chi connectivity index (χ0) is 20.8. The summed E-state index contributed by atoms with van der Waals surface area (Å²) in [5, 5.41) is 17.5. The van der Waals surface area contributed by atoms with Crippen molar-refractivity contribution in [3.05, 3.63) is 18.3 Å². The van der Waals surface area contributed by atoms with E-state index in [4.69, 9.17) is 0 Å². The lowest BCUT2D eigenvalue weighted by molar-refractivity contribution is -0.158. The van der Waals surface area contributed by atoms with Crippen LogP contribution in [0.4, 0.5) is 10.2 Å². The summed E-state index contributed by atoms with van der Waals surface area (Å²) < 4.78 is 13.7. The van der Waals surface area contributed by atoms with E-state index < -0.39 is 29.6 Å². The average Bonchev–Trinajstić information content (AvgIpc) is 3.40. The van der Waals surface area contributed by atoms with Gasteiger partial charge in [0.05, 0.1) is 18.7 Å². The quantitative estimate of drug-likeness (QED) is 0.379. The topological polar surface area (TPSA) is 128 Å². The number of rotatable bonds is 8. The Hall–Kier alpha value is -2.95. The van der Waals surface area contributed by atoms with Gasteiger partial charge in [-0.05, 0) is 12.3 Å². The molecule has 1 aliphatic carbocycles. The van der Waals surface area contributed by atoms with Gasteiger partial charge in [0.15, 0.2) is 11.6 Å². The number of carbonyl (C=O) groups excluding carboxylic acids is 3. The summed E-state index contributed by atoms with van der Waals surface area (Å²) in [5.41, 5.74) is 0. The highest BCUT2D eigenvalue weighted by Gasteiger charge is 2.38. The van der Waals surface area contributed by atoms with E-state index in [2.05, 4.69) is 20.4 Å². The van der Waals surface area contributed by atoms with Crippen LogP contribution in [0.5, 0.6) is 0 Å². The lowest BCUT2D eigenvalue weighted by Crippen LogP contribution is -2.46. The largest absolute Gasteiger partial charge is 0.306 e. The molecule has 1 aliphatic heterocycles. The molecular formula is C18H23FN6O4. The first-order valence-corrected chi connectivity index (χ1v) is 9.52. The Morgan fingerprint density at radius 1 is 1.41 bits per heavy atom. The fourth-order valence-electron chi connectivity index (χ4n) is 3.81. The number of aromatic nitrogens is 2. The van der Waals surface area contributed by atoms with Gasteiger partial charge in [0.2, 0.25) is 12.3 Å². The number of hydrogen-bond donors (Lipinski definition) is 2. The first kappa shape index (κ1) is 20.8. The second-order valence-electron chi connectivity index (χ2n) is 7.25. The summed E-state index contributed by atoms with van der Waals surface area (Å²) in [6, 6.07) is -0.966. The highest BCUT2D eigenvalue weighted by Crippen LogP contribution is 2.32. The molecule has 1 aromatic heterocycles. The van der Waals surface area contributed by atoms with E-state index in [9.17, 15) is 24.0 Å². The van der Waals surface area contributed by atoms with Crippen LogP contribution < -0.4 is 5.32 Å². The SMILES string of the molecule is O=CN(O)C[C@@H](CC1CCCC1)C(=O)N1N=CC[C@H]1C(=O)Nc1ncncc1F. The molecule has 0 spiro atoms. The van der Waals surface area contributed by atoms with E-state index in [1.165, 1.54) is 6.21 Å². The van der Waals surface area contributed by atoms with E-state index >= 15 is 0 Å². The number of hydrazone groups is 1. The van der Waals surface area contributed by atoms with E-state index in [1.807, 2.05) is 0 Å². The van der Waals surface area contributed by atoms with E-state index in [0.717, 1.165) is 43.2 Å². The Morgan fingerprint density at radius 2 is 2.17 bits per heavy atom. The van der Waals surface area contributed by atoms with Gasteiger partial charge in [0, 0.05) is 12.6 Å². The smallest absolute Gasteiger partial charge is 0.250 e. The normalized spacial score (nSPS) is 19.9. The Labute approximate surface area is 166 Å². The van der Waals surface area contributed by atoms with E-state index in [0.29, 0.717) is 17.4 Å². The van der Waals surface area contributed by atoms with Crippen LogP contribution in [0.2, 0.25) is 0 Å². The van der Waals surface area contributed by atoms with Crippen molar-refractivity contribution < 1.29 is 24.0 Å². The van der Waals surface area contributed by atoms with E-state index in [-0.39, 0.29) is 25.2 Å². The number of hydrogen-bond acceptors (Lipinski definition) is 7. The van der Waals surface area contributed by atoms with Crippen LogP contribution in [0.1, 0.15) is 38.5 Å². The maximum Gasteiger partial charge on any atom is 0.250 e. The van der Waals surface area contributed by atoms with Crippen molar-refractivity contribution >= 4 is 30.3 Å². The second kappa shape index (κ2) is 9.50.